The van der Waals surface area contributed by atoms with E-state index in [1.54, 1.807) is 6.08 Å². The van der Waals surface area contributed by atoms with Crippen molar-refractivity contribution >= 4 is 18.0 Å². The van der Waals surface area contributed by atoms with Gasteiger partial charge in [0.15, 0.2) is 0 Å². The van der Waals surface area contributed by atoms with Gasteiger partial charge < -0.3 is 9.47 Å². The van der Waals surface area contributed by atoms with Crippen LogP contribution in [0, 0.1) is 13.8 Å². The van der Waals surface area contributed by atoms with Crippen LogP contribution < -0.4 is 4.74 Å². The summed E-state index contributed by atoms with van der Waals surface area (Å²) in [4.78, 5) is 23.0. The van der Waals surface area contributed by atoms with Crippen LogP contribution in [-0.2, 0) is 14.3 Å². The fourth-order valence-electron chi connectivity index (χ4n) is 2.94. The first kappa shape index (κ1) is 17.3. The van der Waals surface area contributed by atoms with Gasteiger partial charge in [0.25, 0.3) is 0 Å². The molecule has 4 heteroatoms. The Morgan fingerprint density at radius 2 is 1.70 bits per heavy atom. The molecule has 1 aliphatic carbocycles. The summed E-state index contributed by atoms with van der Waals surface area (Å²) >= 11 is 0. The normalized spacial score (nSPS) is 15.6. The van der Waals surface area contributed by atoms with Crippen LogP contribution in [0.5, 0.6) is 5.75 Å². The van der Waals surface area contributed by atoms with Gasteiger partial charge in [-0.2, -0.15) is 0 Å². The molecular weight excluding hydrogens is 292 g/mol. The summed E-state index contributed by atoms with van der Waals surface area (Å²) in [7, 11) is 0. The Kier molecular flexibility index (Phi) is 5.97. The number of ether oxygens (including phenoxy) is 2. The third kappa shape index (κ3) is 5.23. The minimum atomic E-state index is -0.337. The zero-order chi connectivity index (χ0) is 16.8. The van der Waals surface area contributed by atoms with Gasteiger partial charge in [-0.15, -0.1) is 0 Å². The molecule has 23 heavy (non-hydrogen) atoms. The van der Waals surface area contributed by atoms with Crippen molar-refractivity contribution < 1.29 is 19.1 Å². The minimum absolute atomic E-state index is 0.0655. The second-order valence-electron chi connectivity index (χ2n) is 6.11. The quantitative estimate of drug-likeness (QED) is 0.476. The zero-order valence-corrected chi connectivity index (χ0v) is 14.1. The van der Waals surface area contributed by atoms with Crippen LogP contribution in [0.25, 0.3) is 6.08 Å². The number of hydrogen-bond donors (Lipinski definition) is 0. The van der Waals surface area contributed by atoms with Crippen LogP contribution in [0.2, 0.25) is 0 Å². The molecule has 1 aromatic carbocycles. The van der Waals surface area contributed by atoms with Crippen molar-refractivity contribution in [3.05, 3.63) is 34.9 Å². The van der Waals surface area contributed by atoms with Crippen LogP contribution in [0.1, 0.15) is 55.7 Å². The van der Waals surface area contributed by atoms with Gasteiger partial charge >= 0.3 is 11.9 Å². The van der Waals surface area contributed by atoms with Gasteiger partial charge in [-0.1, -0.05) is 6.42 Å². The Balaban J connectivity index is 2.01. The second-order valence-corrected chi connectivity index (χ2v) is 6.11. The SMILES string of the molecule is CC(=O)Oc1c(C)cc(/C=C/C(=O)OC2CCCCC2)cc1C. The van der Waals surface area contributed by atoms with Crippen molar-refractivity contribution in [2.45, 2.75) is 59.0 Å². The molecule has 0 spiro atoms. The maximum absolute atomic E-state index is 11.9. The maximum Gasteiger partial charge on any atom is 0.331 e. The Morgan fingerprint density at radius 3 is 2.26 bits per heavy atom. The molecule has 4 nitrogen and oxygen atoms in total. The van der Waals surface area contributed by atoms with E-state index in [2.05, 4.69) is 0 Å². The summed E-state index contributed by atoms with van der Waals surface area (Å²) < 4.78 is 10.7. The molecule has 0 bridgehead atoms. The lowest BCUT2D eigenvalue weighted by Gasteiger charge is -2.20. The maximum atomic E-state index is 11.9. The van der Waals surface area contributed by atoms with Crippen molar-refractivity contribution in [3.8, 4) is 5.75 Å². The Labute approximate surface area is 137 Å². The Bertz CT molecular complexity index is 587. The smallest absolute Gasteiger partial charge is 0.331 e. The molecule has 0 saturated heterocycles. The molecule has 0 aromatic heterocycles. The Hall–Kier alpha value is -2.10. The molecule has 0 atom stereocenters. The highest BCUT2D eigenvalue weighted by Crippen LogP contribution is 2.26. The first-order valence-corrected chi connectivity index (χ1v) is 8.14. The van der Waals surface area contributed by atoms with Gasteiger partial charge in [0.1, 0.15) is 11.9 Å². The average Bonchev–Trinajstić information content (AvgIpc) is 2.50. The predicted octanol–water partition coefficient (Wildman–Crippen LogP) is 4.12. The van der Waals surface area contributed by atoms with E-state index in [0.29, 0.717) is 5.75 Å². The molecular formula is C19H24O4. The third-order valence-electron chi connectivity index (χ3n) is 3.98. The van der Waals surface area contributed by atoms with E-state index in [-0.39, 0.29) is 18.0 Å². The predicted molar refractivity (Wildman–Crippen MR) is 89.2 cm³/mol. The lowest BCUT2D eigenvalue weighted by atomic mass is 9.98. The first-order valence-electron chi connectivity index (χ1n) is 8.14. The summed E-state index contributed by atoms with van der Waals surface area (Å²) in [6, 6.07) is 3.77. The summed E-state index contributed by atoms with van der Waals surface area (Å²) in [6.45, 7) is 5.14. The zero-order valence-electron chi connectivity index (χ0n) is 14.1. The number of hydrogen-bond acceptors (Lipinski definition) is 4. The van der Waals surface area contributed by atoms with E-state index in [0.717, 1.165) is 42.4 Å². The molecule has 124 valence electrons. The minimum Gasteiger partial charge on any atom is -0.459 e. The lowest BCUT2D eigenvalue weighted by Crippen LogP contribution is -2.19. The van der Waals surface area contributed by atoms with E-state index < -0.39 is 0 Å². The van der Waals surface area contributed by atoms with Crippen LogP contribution in [0.15, 0.2) is 18.2 Å². The number of benzene rings is 1. The number of esters is 2. The van der Waals surface area contributed by atoms with Crippen LogP contribution in [-0.4, -0.2) is 18.0 Å². The van der Waals surface area contributed by atoms with Crippen molar-refractivity contribution in [2.24, 2.45) is 0 Å². The van der Waals surface area contributed by atoms with E-state index >= 15 is 0 Å². The van der Waals surface area contributed by atoms with Crippen LogP contribution in [0.3, 0.4) is 0 Å². The summed E-state index contributed by atoms with van der Waals surface area (Å²) in [5, 5.41) is 0. The molecule has 0 amide bonds. The number of aryl methyl sites for hydroxylation is 2. The molecule has 1 aliphatic rings. The highest BCUT2D eigenvalue weighted by Gasteiger charge is 2.16. The topological polar surface area (TPSA) is 52.6 Å². The third-order valence-corrected chi connectivity index (χ3v) is 3.98. The summed E-state index contributed by atoms with van der Waals surface area (Å²) in [5.41, 5.74) is 2.61. The van der Waals surface area contributed by atoms with Crippen LogP contribution in [0.4, 0.5) is 0 Å². The molecule has 0 N–H and O–H groups in total. The molecule has 0 aliphatic heterocycles. The van der Waals surface area contributed by atoms with E-state index in [1.807, 2.05) is 26.0 Å². The standard InChI is InChI=1S/C19H24O4/c1-13-11-16(12-14(2)19(13)22-15(3)20)9-10-18(21)23-17-7-5-4-6-8-17/h9-12,17H,4-8H2,1-3H3/b10-9+. The summed E-state index contributed by atoms with van der Waals surface area (Å²) in [6.07, 6.45) is 8.71. The van der Waals surface area contributed by atoms with Crippen molar-refractivity contribution in [1.29, 1.82) is 0 Å². The fraction of sp³-hybridized carbons (Fsp3) is 0.474. The van der Waals surface area contributed by atoms with Crippen molar-refractivity contribution in [2.75, 3.05) is 0 Å². The lowest BCUT2D eigenvalue weighted by molar-refractivity contribution is -0.144. The molecule has 1 saturated carbocycles. The molecule has 2 rings (SSSR count). The highest BCUT2D eigenvalue weighted by molar-refractivity contribution is 5.87. The molecule has 0 radical (unpaired) electrons. The van der Waals surface area contributed by atoms with Gasteiger partial charge in [-0.05, 0) is 74.4 Å². The number of carbonyl (C=O) groups is 2. The van der Waals surface area contributed by atoms with Crippen molar-refractivity contribution in [3.63, 3.8) is 0 Å². The summed E-state index contributed by atoms with van der Waals surface area (Å²) in [5.74, 6) is -0.0498. The highest BCUT2D eigenvalue weighted by atomic mass is 16.5. The largest absolute Gasteiger partial charge is 0.459 e. The van der Waals surface area contributed by atoms with E-state index in [9.17, 15) is 9.59 Å². The van der Waals surface area contributed by atoms with Gasteiger partial charge in [-0.3, -0.25) is 4.79 Å². The Morgan fingerprint density at radius 1 is 1.09 bits per heavy atom. The van der Waals surface area contributed by atoms with E-state index in [1.165, 1.54) is 19.4 Å². The van der Waals surface area contributed by atoms with E-state index in [4.69, 9.17) is 9.47 Å². The van der Waals surface area contributed by atoms with Gasteiger partial charge in [-0.25, -0.2) is 4.79 Å². The molecule has 0 heterocycles. The van der Waals surface area contributed by atoms with Crippen molar-refractivity contribution in [1.82, 2.24) is 0 Å². The number of carbonyl (C=O) groups excluding carboxylic acids is 2. The molecule has 1 aromatic rings. The average molecular weight is 316 g/mol. The van der Waals surface area contributed by atoms with Gasteiger partial charge in [0.05, 0.1) is 0 Å². The molecule has 0 unspecified atom stereocenters. The second kappa shape index (κ2) is 7.95. The fourth-order valence-corrected chi connectivity index (χ4v) is 2.94. The van der Waals surface area contributed by atoms with Gasteiger partial charge in [0.2, 0.25) is 0 Å². The molecule has 1 fully saturated rings. The van der Waals surface area contributed by atoms with Gasteiger partial charge in [0, 0.05) is 13.0 Å². The first-order chi connectivity index (χ1) is 11.0. The van der Waals surface area contributed by atoms with Crippen LogP contribution >= 0.6 is 0 Å². The number of rotatable bonds is 4. The monoisotopic (exact) mass is 316 g/mol.